The standard InChI is InChI=1S/C26H36N6O3/c1-6-27-25(34)28-19-9-7-18(8-10-19)22-29-21-15-31(24(33)26(3,4)5)12-11-20(21)23(30-22)32-13-14-35-16-17(32)2/h7-10,17H,6,11-16H2,1-5H3,(H2,27,28,34). The van der Waals surface area contributed by atoms with Crippen LogP contribution >= 0.6 is 0 Å². The Hall–Kier alpha value is -3.20. The fourth-order valence-corrected chi connectivity index (χ4v) is 4.51. The average Bonchev–Trinajstić information content (AvgIpc) is 2.83. The van der Waals surface area contributed by atoms with Crippen LogP contribution in [-0.4, -0.2) is 65.7 Å². The lowest BCUT2D eigenvalue weighted by molar-refractivity contribution is -0.140. The summed E-state index contributed by atoms with van der Waals surface area (Å²) in [5, 5.41) is 5.54. The Morgan fingerprint density at radius 3 is 2.54 bits per heavy atom. The van der Waals surface area contributed by atoms with Crippen LogP contribution in [0.2, 0.25) is 0 Å². The van der Waals surface area contributed by atoms with E-state index in [1.165, 1.54) is 0 Å². The van der Waals surface area contributed by atoms with Crippen LogP contribution in [-0.2, 0) is 22.5 Å². The SMILES string of the molecule is CCNC(=O)Nc1ccc(-c2nc3c(c(N4CCOCC4C)n2)CCN(C(=O)C(C)(C)C)C3)cc1. The molecule has 1 fully saturated rings. The number of amides is 3. The first-order chi connectivity index (χ1) is 16.7. The third-order valence-corrected chi connectivity index (χ3v) is 6.35. The van der Waals surface area contributed by atoms with Gasteiger partial charge in [-0.3, -0.25) is 4.79 Å². The second-order valence-electron chi connectivity index (χ2n) is 10.2. The minimum absolute atomic E-state index is 0.130. The highest BCUT2D eigenvalue weighted by atomic mass is 16.5. The maximum Gasteiger partial charge on any atom is 0.319 e. The summed E-state index contributed by atoms with van der Waals surface area (Å²) in [6, 6.07) is 7.48. The van der Waals surface area contributed by atoms with Crippen molar-refractivity contribution in [1.29, 1.82) is 0 Å². The summed E-state index contributed by atoms with van der Waals surface area (Å²) < 4.78 is 5.66. The Balaban J connectivity index is 1.69. The number of hydrogen-bond donors (Lipinski definition) is 2. The molecular weight excluding hydrogens is 444 g/mol. The number of nitrogens with one attached hydrogen (secondary N) is 2. The number of rotatable bonds is 4. The Morgan fingerprint density at radius 1 is 1.14 bits per heavy atom. The lowest BCUT2D eigenvalue weighted by Crippen LogP contribution is -2.46. The molecule has 1 saturated heterocycles. The van der Waals surface area contributed by atoms with E-state index in [9.17, 15) is 9.59 Å². The molecule has 2 aromatic rings. The van der Waals surface area contributed by atoms with Crippen LogP contribution in [0.3, 0.4) is 0 Å². The van der Waals surface area contributed by atoms with Gasteiger partial charge in [0.25, 0.3) is 0 Å². The Morgan fingerprint density at radius 2 is 1.89 bits per heavy atom. The zero-order valence-electron chi connectivity index (χ0n) is 21.4. The molecule has 1 aromatic carbocycles. The molecule has 1 unspecified atom stereocenters. The topological polar surface area (TPSA) is 99.7 Å². The summed E-state index contributed by atoms with van der Waals surface area (Å²) in [4.78, 5) is 39.0. The molecule has 188 valence electrons. The van der Waals surface area contributed by atoms with E-state index in [1.807, 2.05) is 56.9 Å². The molecule has 9 heteroatoms. The van der Waals surface area contributed by atoms with Gasteiger partial charge in [0.1, 0.15) is 5.82 Å². The van der Waals surface area contributed by atoms with Gasteiger partial charge in [-0.15, -0.1) is 0 Å². The van der Waals surface area contributed by atoms with Gasteiger partial charge in [-0.25, -0.2) is 14.8 Å². The highest BCUT2D eigenvalue weighted by Crippen LogP contribution is 2.33. The van der Waals surface area contributed by atoms with Crippen molar-refractivity contribution in [3.05, 3.63) is 35.5 Å². The van der Waals surface area contributed by atoms with E-state index in [4.69, 9.17) is 14.7 Å². The number of fused-ring (bicyclic) bond motifs is 1. The van der Waals surface area contributed by atoms with Gasteiger partial charge in [0.05, 0.1) is 31.5 Å². The largest absolute Gasteiger partial charge is 0.377 e. The fourth-order valence-electron chi connectivity index (χ4n) is 4.51. The lowest BCUT2D eigenvalue weighted by Gasteiger charge is -2.38. The van der Waals surface area contributed by atoms with Crippen LogP contribution in [0.25, 0.3) is 11.4 Å². The highest BCUT2D eigenvalue weighted by Gasteiger charge is 2.33. The minimum atomic E-state index is -0.443. The van der Waals surface area contributed by atoms with Gasteiger partial charge in [-0.1, -0.05) is 20.8 Å². The van der Waals surface area contributed by atoms with Crippen molar-refractivity contribution in [3.8, 4) is 11.4 Å². The number of nitrogens with zero attached hydrogens (tertiary/aromatic N) is 4. The molecular formula is C26H36N6O3. The molecule has 3 heterocycles. The van der Waals surface area contributed by atoms with E-state index in [-0.39, 0.29) is 18.0 Å². The van der Waals surface area contributed by atoms with E-state index in [1.54, 1.807) is 0 Å². The number of hydrogen-bond acceptors (Lipinski definition) is 6. The summed E-state index contributed by atoms with van der Waals surface area (Å²) in [5.74, 6) is 1.69. The van der Waals surface area contributed by atoms with Gasteiger partial charge in [0.15, 0.2) is 5.82 Å². The second kappa shape index (κ2) is 10.2. The van der Waals surface area contributed by atoms with Crippen molar-refractivity contribution in [1.82, 2.24) is 20.2 Å². The molecule has 3 amide bonds. The summed E-state index contributed by atoms with van der Waals surface area (Å²) in [5.41, 5.74) is 3.13. The average molecular weight is 481 g/mol. The minimum Gasteiger partial charge on any atom is -0.377 e. The fraction of sp³-hybridized carbons (Fsp3) is 0.538. The van der Waals surface area contributed by atoms with Crippen molar-refractivity contribution in [2.75, 3.05) is 43.1 Å². The molecule has 0 spiro atoms. The molecule has 1 atom stereocenters. The first kappa shape index (κ1) is 24.9. The normalized spacial score (nSPS) is 18.1. The Kier molecular flexibility index (Phi) is 7.25. The van der Waals surface area contributed by atoms with E-state index >= 15 is 0 Å². The summed E-state index contributed by atoms with van der Waals surface area (Å²) >= 11 is 0. The molecule has 9 nitrogen and oxygen atoms in total. The van der Waals surface area contributed by atoms with Crippen molar-refractivity contribution in [2.24, 2.45) is 5.41 Å². The number of benzene rings is 1. The van der Waals surface area contributed by atoms with E-state index in [0.717, 1.165) is 35.6 Å². The van der Waals surface area contributed by atoms with Gasteiger partial charge in [-0.05, 0) is 44.5 Å². The van der Waals surface area contributed by atoms with Crippen LogP contribution in [0.5, 0.6) is 0 Å². The predicted molar refractivity (Wildman–Crippen MR) is 136 cm³/mol. The molecule has 2 N–H and O–H groups in total. The first-order valence-electron chi connectivity index (χ1n) is 12.4. The van der Waals surface area contributed by atoms with Crippen molar-refractivity contribution < 1.29 is 14.3 Å². The molecule has 35 heavy (non-hydrogen) atoms. The van der Waals surface area contributed by atoms with Gasteiger partial charge >= 0.3 is 6.03 Å². The second-order valence-corrected chi connectivity index (χ2v) is 10.2. The van der Waals surface area contributed by atoms with E-state index in [2.05, 4.69) is 22.5 Å². The van der Waals surface area contributed by atoms with Crippen LogP contribution < -0.4 is 15.5 Å². The third kappa shape index (κ3) is 5.56. The quantitative estimate of drug-likeness (QED) is 0.696. The smallest absolute Gasteiger partial charge is 0.319 e. The number of ether oxygens (including phenoxy) is 1. The number of urea groups is 1. The Labute approximate surface area is 207 Å². The number of anilines is 2. The molecule has 0 aliphatic carbocycles. The third-order valence-electron chi connectivity index (χ3n) is 6.35. The van der Waals surface area contributed by atoms with E-state index in [0.29, 0.717) is 44.4 Å². The molecule has 2 aliphatic heterocycles. The van der Waals surface area contributed by atoms with Gasteiger partial charge in [-0.2, -0.15) is 0 Å². The van der Waals surface area contributed by atoms with Crippen LogP contribution in [0.4, 0.5) is 16.3 Å². The first-order valence-corrected chi connectivity index (χ1v) is 12.4. The molecule has 1 aromatic heterocycles. The molecule has 2 aliphatic rings. The molecule has 0 radical (unpaired) electrons. The zero-order valence-corrected chi connectivity index (χ0v) is 21.4. The monoisotopic (exact) mass is 480 g/mol. The number of morpholine rings is 1. The van der Waals surface area contributed by atoms with Crippen LogP contribution in [0, 0.1) is 5.41 Å². The van der Waals surface area contributed by atoms with Crippen LogP contribution in [0.15, 0.2) is 24.3 Å². The molecule has 0 saturated carbocycles. The number of carbonyl (C=O) groups is 2. The molecule has 4 rings (SSSR count). The lowest BCUT2D eigenvalue weighted by atomic mass is 9.93. The highest BCUT2D eigenvalue weighted by molar-refractivity contribution is 5.89. The van der Waals surface area contributed by atoms with Gasteiger partial charge < -0.3 is 25.2 Å². The van der Waals surface area contributed by atoms with Crippen LogP contribution in [0.1, 0.15) is 45.9 Å². The summed E-state index contributed by atoms with van der Waals surface area (Å²) in [7, 11) is 0. The van der Waals surface area contributed by atoms with Crippen molar-refractivity contribution in [2.45, 2.75) is 53.6 Å². The van der Waals surface area contributed by atoms with E-state index < -0.39 is 5.41 Å². The van der Waals surface area contributed by atoms with Gasteiger partial charge in [0, 0.05) is 41.9 Å². The maximum absolute atomic E-state index is 13.0. The maximum atomic E-state index is 13.0. The number of aromatic nitrogens is 2. The number of carbonyl (C=O) groups excluding carboxylic acids is 2. The van der Waals surface area contributed by atoms with Crippen molar-refractivity contribution >= 4 is 23.4 Å². The molecule has 0 bridgehead atoms. The zero-order chi connectivity index (χ0) is 25.2. The summed E-state index contributed by atoms with van der Waals surface area (Å²) in [6.07, 6.45) is 0.728. The van der Waals surface area contributed by atoms with Crippen molar-refractivity contribution in [3.63, 3.8) is 0 Å². The van der Waals surface area contributed by atoms with Gasteiger partial charge in [0.2, 0.25) is 5.91 Å². The summed E-state index contributed by atoms with van der Waals surface area (Å²) in [6.45, 7) is 13.7. The Bertz CT molecular complexity index is 1080. The predicted octanol–water partition coefficient (Wildman–Crippen LogP) is 3.44.